The van der Waals surface area contributed by atoms with Gasteiger partial charge in [0.25, 0.3) is 0 Å². The number of rotatable bonds is 7. The smallest absolute Gasteiger partial charge is 0.241 e. The SMILES string of the molecule is O=C(NCc1ccc(N2CCCC2)cc1)C1CCN(Cc2nc(-c3cccc(Cl)c3)no2)CC1. The van der Waals surface area contributed by atoms with E-state index < -0.39 is 0 Å². The average molecular weight is 480 g/mol. The molecule has 1 amide bonds. The van der Waals surface area contributed by atoms with Crippen LogP contribution in [0.25, 0.3) is 11.4 Å². The number of carbonyl (C=O) groups is 1. The largest absolute Gasteiger partial charge is 0.372 e. The summed E-state index contributed by atoms with van der Waals surface area (Å²) < 4.78 is 5.44. The Kier molecular flexibility index (Phi) is 7.11. The first-order valence-corrected chi connectivity index (χ1v) is 12.4. The highest BCUT2D eigenvalue weighted by molar-refractivity contribution is 6.30. The zero-order chi connectivity index (χ0) is 23.3. The fraction of sp³-hybridized carbons (Fsp3) is 0.423. The maximum Gasteiger partial charge on any atom is 0.241 e. The van der Waals surface area contributed by atoms with Gasteiger partial charge in [0.1, 0.15) is 0 Å². The van der Waals surface area contributed by atoms with Crippen LogP contribution in [-0.4, -0.2) is 47.1 Å². The van der Waals surface area contributed by atoms with Crippen LogP contribution < -0.4 is 10.2 Å². The molecule has 1 N–H and O–H groups in total. The van der Waals surface area contributed by atoms with Crippen molar-refractivity contribution in [1.29, 1.82) is 0 Å². The summed E-state index contributed by atoms with van der Waals surface area (Å²) in [4.78, 5) is 21.9. The van der Waals surface area contributed by atoms with Gasteiger partial charge in [-0.2, -0.15) is 4.98 Å². The molecule has 2 aromatic carbocycles. The van der Waals surface area contributed by atoms with E-state index in [2.05, 4.69) is 49.5 Å². The lowest BCUT2D eigenvalue weighted by molar-refractivity contribution is -0.126. The first kappa shape index (κ1) is 22.9. The van der Waals surface area contributed by atoms with Gasteiger partial charge in [-0.1, -0.05) is 41.0 Å². The highest BCUT2D eigenvalue weighted by Gasteiger charge is 2.26. The molecule has 3 heterocycles. The molecule has 2 saturated heterocycles. The maximum absolute atomic E-state index is 12.7. The van der Waals surface area contributed by atoms with Gasteiger partial charge in [-0.15, -0.1) is 0 Å². The molecule has 0 unspecified atom stereocenters. The lowest BCUT2D eigenvalue weighted by atomic mass is 9.96. The van der Waals surface area contributed by atoms with E-state index in [0.29, 0.717) is 29.8 Å². The zero-order valence-corrected chi connectivity index (χ0v) is 20.0. The topological polar surface area (TPSA) is 74.5 Å². The molecule has 2 fully saturated rings. The van der Waals surface area contributed by atoms with Gasteiger partial charge in [0.05, 0.1) is 6.54 Å². The number of anilines is 1. The second-order valence-electron chi connectivity index (χ2n) is 9.15. The number of likely N-dealkylation sites (tertiary alicyclic amines) is 1. The lowest BCUT2D eigenvalue weighted by Crippen LogP contribution is -2.40. The van der Waals surface area contributed by atoms with Gasteiger partial charge in [-0.05, 0) is 68.6 Å². The Bertz CT molecular complexity index is 1100. The molecule has 2 aliphatic rings. The van der Waals surface area contributed by atoms with E-state index in [1.807, 2.05) is 24.3 Å². The molecule has 1 aromatic heterocycles. The van der Waals surface area contributed by atoms with Crippen LogP contribution in [0.2, 0.25) is 5.02 Å². The second-order valence-corrected chi connectivity index (χ2v) is 9.59. The van der Waals surface area contributed by atoms with Crippen LogP contribution in [0, 0.1) is 5.92 Å². The minimum Gasteiger partial charge on any atom is -0.372 e. The molecule has 3 aromatic rings. The highest BCUT2D eigenvalue weighted by atomic mass is 35.5. The number of benzene rings is 2. The predicted octanol–water partition coefficient (Wildman–Crippen LogP) is 4.52. The third-order valence-electron chi connectivity index (χ3n) is 6.74. The highest BCUT2D eigenvalue weighted by Crippen LogP contribution is 2.23. The summed E-state index contributed by atoms with van der Waals surface area (Å²) in [5.41, 5.74) is 3.25. The summed E-state index contributed by atoms with van der Waals surface area (Å²) in [5.74, 6) is 1.31. The van der Waals surface area contributed by atoms with E-state index in [-0.39, 0.29) is 11.8 Å². The monoisotopic (exact) mass is 479 g/mol. The van der Waals surface area contributed by atoms with E-state index in [9.17, 15) is 4.79 Å². The van der Waals surface area contributed by atoms with E-state index in [0.717, 1.165) is 50.1 Å². The average Bonchev–Trinajstić information content (AvgIpc) is 3.56. The summed E-state index contributed by atoms with van der Waals surface area (Å²) in [5, 5.41) is 7.85. The molecule has 5 rings (SSSR count). The van der Waals surface area contributed by atoms with Crippen LogP contribution in [0.3, 0.4) is 0 Å². The number of amides is 1. The van der Waals surface area contributed by atoms with E-state index in [4.69, 9.17) is 16.1 Å². The fourth-order valence-corrected chi connectivity index (χ4v) is 4.93. The number of hydrogen-bond acceptors (Lipinski definition) is 6. The van der Waals surface area contributed by atoms with Crippen molar-refractivity contribution in [2.75, 3.05) is 31.1 Å². The Balaban J connectivity index is 1.06. The molecule has 0 aliphatic carbocycles. The molecule has 34 heavy (non-hydrogen) atoms. The summed E-state index contributed by atoms with van der Waals surface area (Å²) >= 11 is 6.06. The van der Waals surface area contributed by atoms with Crippen molar-refractivity contribution in [3.8, 4) is 11.4 Å². The molecule has 178 valence electrons. The van der Waals surface area contributed by atoms with Gasteiger partial charge in [0, 0.05) is 41.8 Å². The van der Waals surface area contributed by atoms with Crippen molar-refractivity contribution in [2.24, 2.45) is 5.92 Å². The Labute approximate surface area is 205 Å². The molecular weight excluding hydrogens is 450 g/mol. The van der Waals surface area contributed by atoms with Crippen molar-refractivity contribution in [3.63, 3.8) is 0 Å². The van der Waals surface area contributed by atoms with E-state index in [1.54, 1.807) is 0 Å². The molecular formula is C26H30ClN5O2. The van der Waals surface area contributed by atoms with Crippen molar-refractivity contribution in [3.05, 3.63) is 65.0 Å². The number of halogens is 1. The van der Waals surface area contributed by atoms with Gasteiger partial charge < -0.3 is 14.7 Å². The van der Waals surface area contributed by atoms with E-state index >= 15 is 0 Å². The maximum atomic E-state index is 12.7. The van der Waals surface area contributed by atoms with Gasteiger partial charge in [-0.3, -0.25) is 9.69 Å². The van der Waals surface area contributed by atoms with Gasteiger partial charge in [0.15, 0.2) is 0 Å². The molecule has 2 aliphatic heterocycles. The Morgan fingerprint density at radius 2 is 1.82 bits per heavy atom. The van der Waals surface area contributed by atoms with Crippen molar-refractivity contribution >= 4 is 23.2 Å². The summed E-state index contributed by atoms with van der Waals surface area (Å²) in [6.45, 7) is 5.11. The van der Waals surface area contributed by atoms with Crippen LogP contribution in [0.5, 0.6) is 0 Å². The first-order chi connectivity index (χ1) is 16.6. The number of carbonyl (C=O) groups excluding carboxylic acids is 1. The van der Waals surface area contributed by atoms with Crippen LogP contribution in [0.1, 0.15) is 37.1 Å². The quantitative estimate of drug-likeness (QED) is 0.537. The minimum atomic E-state index is 0.0461. The molecule has 8 heteroatoms. The number of nitrogens with one attached hydrogen (secondary N) is 1. The molecule has 0 radical (unpaired) electrons. The first-order valence-electron chi connectivity index (χ1n) is 12.1. The van der Waals surface area contributed by atoms with Crippen LogP contribution in [0.15, 0.2) is 53.1 Å². The van der Waals surface area contributed by atoms with Crippen molar-refractivity contribution in [2.45, 2.75) is 38.8 Å². The molecule has 7 nitrogen and oxygen atoms in total. The third kappa shape index (κ3) is 5.59. The second kappa shape index (κ2) is 10.6. The Hall–Kier alpha value is -2.90. The molecule has 0 spiro atoms. The van der Waals surface area contributed by atoms with E-state index in [1.165, 1.54) is 18.5 Å². The van der Waals surface area contributed by atoms with Crippen molar-refractivity contribution < 1.29 is 9.32 Å². The number of hydrogen-bond donors (Lipinski definition) is 1. The third-order valence-corrected chi connectivity index (χ3v) is 6.98. The number of piperidine rings is 1. The molecule has 0 bridgehead atoms. The van der Waals surface area contributed by atoms with Gasteiger partial charge in [0.2, 0.25) is 17.6 Å². The Morgan fingerprint density at radius 3 is 2.56 bits per heavy atom. The standard InChI is InChI=1S/C26H30ClN5O2/c27-22-5-3-4-21(16-22)25-29-24(34-30-25)18-31-14-10-20(11-15-31)26(33)28-17-19-6-8-23(9-7-19)32-12-1-2-13-32/h3-9,16,20H,1-2,10-15,17-18H2,(H,28,33). The van der Waals surface area contributed by atoms with Crippen LogP contribution >= 0.6 is 11.6 Å². The zero-order valence-electron chi connectivity index (χ0n) is 19.3. The summed E-state index contributed by atoms with van der Waals surface area (Å²) in [7, 11) is 0. The summed E-state index contributed by atoms with van der Waals surface area (Å²) in [6, 6.07) is 16.0. The lowest BCUT2D eigenvalue weighted by Gasteiger charge is -2.30. The number of aromatic nitrogens is 2. The minimum absolute atomic E-state index is 0.0461. The van der Waals surface area contributed by atoms with Crippen LogP contribution in [0.4, 0.5) is 5.69 Å². The normalized spacial score (nSPS) is 17.3. The predicted molar refractivity (Wildman–Crippen MR) is 132 cm³/mol. The van der Waals surface area contributed by atoms with Gasteiger partial charge in [-0.25, -0.2) is 0 Å². The Morgan fingerprint density at radius 1 is 1.06 bits per heavy atom. The van der Waals surface area contributed by atoms with Gasteiger partial charge >= 0.3 is 0 Å². The van der Waals surface area contributed by atoms with Crippen molar-refractivity contribution in [1.82, 2.24) is 20.4 Å². The molecule has 0 atom stereocenters. The molecule has 0 saturated carbocycles. The van der Waals surface area contributed by atoms with Crippen LogP contribution in [-0.2, 0) is 17.9 Å². The fourth-order valence-electron chi connectivity index (χ4n) is 4.74. The summed E-state index contributed by atoms with van der Waals surface area (Å²) in [6.07, 6.45) is 4.20. The number of nitrogens with zero attached hydrogens (tertiary/aromatic N) is 4.